The molecule has 4 nitrogen and oxygen atoms in total. The molecule has 0 aromatic rings. The van der Waals surface area contributed by atoms with Crippen LogP contribution >= 0.6 is 0 Å². The summed E-state index contributed by atoms with van der Waals surface area (Å²) in [5, 5.41) is 0. The maximum absolute atomic E-state index is 6.25. The molecular weight excluding hydrogens is 264 g/mol. The number of hydrogen-bond acceptors (Lipinski definition) is 4. The van der Waals surface area contributed by atoms with E-state index in [1.807, 2.05) is 0 Å². The topological polar surface area (TPSA) is 47.7 Å². The fraction of sp³-hybridized carbons (Fsp3) is 1.00. The van der Waals surface area contributed by atoms with Gasteiger partial charge < -0.3 is 15.2 Å². The first-order valence-corrected chi connectivity index (χ1v) is 8.63. The molecule has 2 aliphatic rings. The lowest BCUT2D eigenvalue weighted by molar-refractivity contribution is -0.0116. The molecule has 0 amide bonds. The van der Waals surface area contributed by atoms with Crippen LogP contribution < -0.4 is 5.73 Å². The van der Waals surface area contributed by atoms with Gasteiger partial charge in [0.1, 0.15) is 0 Å². The lowest BCUT2D eigenvalue weighted by Gasteiger charge is -2.50. The van der Waals surface area contributed by atoms with Gasteiger partial charge in [0, 0.05) is 39.4 Å². The van der Waals surface area contributed by atoms with Gasteiger partial charge in [-0.05, 0) is 43.9 Å². The zero-order valence-electron chi connectivity index (χ0n) is 14.0. The maximum Gasteiger partial charge on any atom is 0.0589 e. The van der Waals surface area contributed by atoms with Crippen LogP contribution in [0.1, 0.15) is 51.4 Å². The minimum atomic E-state index is 0.172. The Bertz CT molecular complexity index is 285. The summed E-state index contributed by atoms with van der Waals surface area (Å²) in [6.07, 6.45) is 11.0. The molecule has 2 rings (SSSR count). The predicted octanol–water partition coefficient (Wildman–Crippen LogP) is 2.41. The highest BCUT2D eigenvalue weighted by atomic mass is 16.5. The summed E-state index contributed by atoms with van der Waals surface area (Å²) < 4.78 is 10.6. The van der Waals surface area contributed by atoms with E-state index in [9.17, 15) is 0 Å². The number of hydrogen-bond donors (Lipinski definition) is 1. The average Bonchev–Trinajstić information content (AvgIpc) is 2.98. The van der Waals surface area contributed by atoms with Gasteiger partial charge in [0.05, 0.1) is 13.2 Å². The van der Waals surface area contributed by atoms with Gasteiger partial charge in [-0.1, -0.05) is 12.8 Å². The quantitative estimate of drug-likeness (QED) is 0.747. The Labute approximate surface area is 130 Å². The molecule has 2 saturated carbocycles. The third-order valence-corrected chi connectivity index (χ3v) is 6.09. The van der Waals surface area contributed by atoms with Crippen molar-refractivity contribution in [3.8, 4) is 0 Å². The van der Waals surface area contributed by atoms with Crippen molar-refractivity contribution in [3.63, 3.8) is 0 Å². The fourth-order valence-electron chi connectivity index (χ4n) is 4.51. The Morgan fingerprint density at radius 1 is 0.857 bits per heavy atom. The van der Waals surface area contributed by atoms with Gasteiger partial charge in [0.15, 0.2) is 0 Å². The van der Waals surface area contributed by atoms with Gasteiger partial charge in [0.25, 0.3) is 0 Å². The molecule has 0 bridgehead atoms. The number of ether oxygens (including phenoxy) is 2. The fourth-order valence-corrected chi connectivity index (χ4v) is 4.51. The van der Waals surface area contributed by atoms with Gasteiger partial charge in [0.2, 0.25) is 0 Å². The Kier molecular flexibility index (Phi) is 6.48. The molecule has 2 fully saturated rings. The normalized spacial score (nSPS) is 24.0. The van der Waals surface area contributed by atoms with Gasteiger partial charge >= 0.3 is 0 Å². The summed E-state index contributed by atoms with van der Waals surface area (Å²) in [7, 11) is 3.55. The molecule has 0 aromatic heterocycles. The van der Waals surface area contributed by atoms with Crippen molar-refractivity contribution in [1.29, 1.82) is 0 Å². The monoisotopic (exact) mass is 298 g/mol. The van der Waals surface area contributed by atoms with E-state index >= 15 is 0 Å². The van der Waals surface area contributed by atoms with Gasteiger partial charge in [-0.15, -0.1) is 0 Å². The number of rotatable bonds is 8. The van der Waals surface area contributed by atoms with Crippen LogP contribution in [0, 0.1) is 5.41 Å². The second-order valence-corrected chi connectivity index (χ2v) is 7.11. The van der Waals surface area contributed by atoms with Crippen LogP contribution in [0.25, 0.3) is 0 Å². The zero-order valence-corrected chi connectivity index (χ0v) is 14.0. The summed E-state index contributed by atoms with van der Waals surface area (Å²) in [5.41, 5.74) is 7.08. The number of methoxy groups -OCH3 is 2. The van der Waals surface area contributed by atoms with Crippen LogP contribution in [-0.4, -0.2) is 57.5 Å². The van der Waals surface area contributed by atoms with Crippen molar-refractivity contribution in [2.45, 2.75) is 56.9 Å². The van der Waals surface area contributed by atoms with Crippen LogP contribution in [-0.2, 0) is 9.47 Å². The van der Waals surface area contributed by atoms with E-state index < -0.39 is 0 Å². The van der Waals surface area contributed by atoms with Crippen molar-refractivity contribution in [2.24, 2.45) is 11.1 Å². The highest BCUT2D eigenvalue weighted by molar-refractivity contribution is 5.01. The molecule has 0 heterocycles. The van der Waals surface area contributed by atoms with Gasteiger partial charge in [-0.25, -0.2) is 0 Å². The average molecular weight is 298 g/mol. The SMILES string of the molecule is COCCN(CCOC)C1(CN)CCC2(CCCC2)CC1. The minimum Gasteiger partial charge on any atom is -0.383 e. The first-order valence-electron chi connectivity index (χ1n) is 8.63. The summed E-state index contributed by atoms with van der Waals surface area (Å²) in [4.78, 5) is 2.54. The molecule has 0 saturated heterocycles. The van der Waals surface area contributed by atoms with Crippen molar-refractivity contribution in [2.75, 3.05) is 47.1 Å². The molecule has 0 aromatic carbocycles. The van der Waals surface area contributed by atoms with Crippen molar-refractivity contribution >= 4 is 0 Å². The van der Waals surface area contributed by atoms with Crippen LogP contribution in [0.2, 0.25) is 0 Å². The van der Waals surface area contributed by atoms with Crippen molar-refractivity contribution < 1.29 is 9.47 Å². The maximum atomic E-state index is 6.25. The molecule has 2 N–H and O–H groups in total. The molecule has 0 unspecified atom stereocenters. The molecule has 1 spiro atoms. The molecule has 124 valence electrons. The zero-order chi connectivity index (χ0) is 15.2. The van der Waals surface area contributed by atoms with Crippen molar-refractivity contribution in [1.82, 2.24) is 4.90 Å². The summed E-state index contributed by atoms with van der Waals surface area (Å²) in [5.74, 6) is 0. The lowest BCUT2D eigenvalue weighted by atomic mass is 9.66. The summed E-state index contributed by atoms with van der Waals surface area (Å²) in [6.45, 7) is 4.23. The highest BCUT2D eigenvalue weighted by Crippen LogP contribution is 2.52. The van der Waals surface area contributed by atoms with E-state index in [2.05, 4.69) is 4.90 Å². The van der Waals surface area contributed by atoms with E-state index in [0.717, 1.165) is 32.8 Å². The van der Waals surface area contributed by atoms with E-state index in [1.165, 1.54) is 51.4 Å². The number of nitrogens with two attached hydrogens (primary N) is 1. The second-order valence-electron chi connectivity index (χ2n) is 7.11. The van der Waals surface area contributed by atoms with E-state index in [0.29, 0.717) is 5.41 Å². The van der Waals surface area contributed by atoms with E-state index in [1.54, 1.807) is 14.2 Å². The Balaban J connectivity index is 2.00. The standard InChI is InChI=1S/C17H34N2O2/c1-20-13-11-19(12-14-21-2)17(15-18)9-7-16(8-10-17)5-3-4-6-16/h3-15,18H2,1-2H3. The first-order chi connectivity index (χ1) is 10.2. The smallest absolute Gasteiger partial charge is 0.0589 e. The minimum absolute atomic E-state index is 0.172. The molecule has 0 aliphatic heterocycles. The Hall–Kier alpha value is -0.160. The second kappa shape index (κ2) is 7.91. The van der Waals surface area contributed by atoms with Crippen molar-refractivity contribution in [3.05, 3.63) is 0 Å². The van der Waals surface area contributed by atoms with Crippen LogP contribution in [0.5, 0.6) is 0 Å². The Morgan fingerprint density at radius 2 is 1.38 bits per heavy atom. The molecule has 0 radical (unpaired) electrons. The van der Waals surface area contributed by atoms with Crippen LogP contribution in [0.15, 0.2) is 0 Å². The first kappa shape index (κ1) is 17.2. The van der Waals surface area contributed by atoms with Gasteiger partial charge in [-0.3, -0.25) is 4.90 Å². The largest absolute Gasteiger partial charge is 0.383 e. The van der Waals surface area contributed by atoms with Crippen LogP contribution in [0.3, 0.4) is 0 Å². The van der Waals surface area contributed by atoms with E-state index in [-0.39, 0.29) is 5.54 Å². The molecule has 2 aliphatic carbocycles. The van der Waals surface area contributed by atoms with Crippen LogP contribution in [0.4, 0.5) is 0 Å². The predicted molar refractivity (Wildman–Crippen MR) is 86.5 cm³/mol. The number of nitrogens with zero attached hydrogens (tertiary/aromatic N) is 1. The molecule has 0 atom stereocenters. The molecular formula is C17H34N2O2. The summed E-state index contributed by atoms with van der Waals surface area (Å²) in [6, 6.07) is 0. The van der Waals surface area contributed by atoms with E-state index in [4.69, 9.17) is 15.2 Å². The third kappa shape index (κ3) is 3.98. The Morgan fingerprint density at radius 3 is 1.81 bits per heavy atom. The summed E-state index contributed by atoms with van der Waals surface area (Å²) >= 11 is 0. The lowest BCUT2D eigenvalue weighted by Crippen LogP contribution is -2.58. The molecule has 21 heavy (non-hydrogen) atoms. The van der Waals surface area contributed by atoms with Gasteiger partial charge in [-0.2, -0.15) is 0 Å². The third-order valence-electron chi connectivity index (χ3n) is 6.09. The molecule has 4 heteroatoms. The highest BCUT2D eigenvalue weighted by Gasteiger charge is 2.45.